The van der Waals surface area contributed by atoms with Gasteiger partial charge in [0.15, 0.2) is 0 Å². The van der Waals surface area contributed by atoms with Crippen molar-refractivity contribution in [1.82, 2.24) is 10.2 Å². The van der Waals surface area contributed by atoms with E-state index in [2.05, 4.69) is 10.6 Å². The number of anilines is 1. The molecule has 1 heterocycles. The lowest BCUT2D eigenvalue weighted by Crippen LogP contribution is -2.67. The van der Waals surface area contributed by atoms with Gasteiger partial charge in [0.25, 0.3) is 5.91 Å². The van der Waals surface area contributed by atoms with Crippen LogP contribution in [0.1, 0.15) is 62.0 Å². The predicted molar refractivity (Wildman–Crippen MR) is 128 cm³/mol. The minimum absolute atomic E-state index is 0.0199. The average molecular weight is 470 g/mol. The van der Waals surface area contributed by atoms with E-state index in [-0.39, 0.29) is 36.2 Å². The van der Waals surface area contributed by atoms with Gasteiger partial charge in [-0.2, -0.15) is 0 Å². The molecule has 8 heteroatoms. The van der Waals surface area contributed by atoms with E-state index in [1.807, 2.05) is 38.1 Å². The number of nitrogens with zero attached hydrogens (tertiary/aromatic N) is 1. The maximum absolute atomic E-state index is 13.8. The molecule has 0 aliphatic carbocycles. The van der Waals surface area contributed by atoms with Gasteiger partial charge in [-0.25, -0.2) is 9.18 Å². The lowest BCUT2D eigenvalue weighted by atomic mass is 9.70. The third-order valence-corrected chi connectivity index (χ3v) is 5.81. The molecule has 0 saturated carbocycles. The van der Waals surface area contributed by atoms with Crippen molar-refractivity contribution in [2.45, 2.75) is 51.6 Å². The molecular formula is C26H32FN3O4. The second-order valence-electron chi connectivity index (χ2n) is 9.88. The van der Waals surface area contributed by atoms with Crippen LogP contribution in [0.2, 0.25) is 0 Å². The second kappa shape index (κ2) is 9.44. The van der Waals surface area contributed by atoms with E-state index in [1.54, 1.807) is 20.8 Å². The van der Waals surface area contributed by atoms with E-state index in [0.29, 0.717) is 0 Å². The van der Waals surface area contributed by atoms with Crippen molar-refractivity contribution in [1.29, 1.82) is 0 Å². The zero-order valence-electron chi connectivity index (χ0n) is 20.5. The largest absolute Gasteiger partial charge is 0.444 e. The number of hydrogen-bond donors (Lipinski definition) is 2. The molecule has 1 aliphatic rings. The Kier molecular flexibility index (Phi) is 7.00. The highest BCUT2D eigenvalue weighted by molar-refractivity contribution is 6.07. The van der Waals surface area contributed by atoms with Crippen molar-refractivity contribution in [3.63, 3.8) is 0 Å². The van der Waals surface area contributed by atoms with Crippen molar-refractivity contribution >= 4 is 23.6 Å². The summed E-state index contributed by atoms with van der Waals surface area (Å²) in [5.41, 5.74) is 0.308. The third kappa shape index (κ3) is 5.05. The first-order valence-electron chi connectivity index (χ1n) is 11.3. The number of hydrogen-bond acceptors (Lipinski definition) is 4. The summed E-state index contributed by atoms with van der Waals surface area (Å²) in [6.45, 7) is 9.67. The van der Waals surface area contributed by atoms with Crippen LogP contribution in [0.3, 0.4) is 0 Å². The molecule has 0 bridgehead atoms. The lowest BCUT2D eigenvalue weighted by molar-refractivity contribution is -0.127. The minimum atomic E-state index is -1.05. The smallest absolute Gasteiger partial charge is 0.410 e. The van der Waals surface area contributed by atoms with Crippen LogP contribution in [0.15, 0.2) is 42.5 Å². The minimum Gasteiger partial charge on any atom is -0.444 e. The number of amides is 3. The van der Waals surface area contributed by atoms with Crippen molar-refractivity contribution < 1.29 is 23.5 Å². The Hall–Kier alpha value is -3.42. The molecule has 7 nitrogen and oxygen atoms in total. The van der Waals surface area contributed by atoms with E-state index >= 15 is 0 Å². The van der Waals surface area contributed by atoms with E-state index in [0.717, 1.165) is 17.2 Å². The summed E-state index contributed by atoms with van der Waals surface area (Å²) in [7, 11) is 1.43. The lowest BCUT2D eigenvalue weighted by Gasteiger charge is -2.49. The van der Waals surface area contributed by atoms with Gasteiger partial charge in [0.05, 0.1) is 11.3 Å². The molecule has 1 saturated heterocycles. The van der Waals surface area contributed by atoms with Gasteiger partial charge in [0.2, 0.25) is 5.91 Å². The fourth-order valence-corrected chi connectivity index (χ4v) is 4.12. The Morgan fingerprint density at radius 3 is 2.32 bits per heavy atom. The molecule has 0 unspecified atom stereocenters. The van der Waals surface area contributed by atoms with E-state index in [9.17, 15) is 18.8 Å². The number of ether oxygens (including phenoxy) is 1. The number of rotatable bonds is 5. The van der Waals surface area contributed by atoms with Crippen molar-refractivity contribution in [3.8, 4) is 0 Å². The topological polar surface area (TPSA) is 87.7 Å². The summed E-state index contributed by atoms with van der Waals surface area (Å²) < 4.78 is 19.3. The van der Waals surface area contributed by atoms with Gasteiger partial charge in [-0.05, 0) is 56.0 Å². The molecule has 1 fully saturated rings. The summed E-state index contributed by atoms with van der Waals surface area (Å²) >= 11 is 0. The van der Waals surface area contributed by atoms with Crippen LogP contribution in [0.5, 0.6) is 0 Å². The normalized spacial score (nSPS) is 14.9. The van der Waals surface area contributed by atoms with Gasteiger partial charge >= 0.3 is 6.09 Å². The summed E-state index contributed by atoms with van der Waals surface area (Å²) in [5, 5.41) is 5.28. The molecule has 2 N–H and O–H groups in total. The molecule has 0 spiro atoms. The molecule has 3 amide bonds. The van der Waals surface area contributed by atoms with Crippen LogP contribution in [0.4, 0.5) is 14.9 Å². The standard InChI is InChI=1S/C26H32FN3O4/c1-16(2)18-9-7-8-10-20(18)26(14-30(15-26)24(33)34-25(3,4)5)23(32)29-21-12-11-17(27)13-19(21)22(31)28-6/h7-13,16H,14-15H2,1-6H3,(H,28,31)(H,29,32). The van der Waals surface area contributed by atoms with E-state index in [1.165, 1.54) is 24.1 Å². The van der Waals surface area contributed by atoms with Crippen molar-refractivity contribution in [2.75, 3.05) is 25.5 Å². The molecule has 34 heavy (non-hydrogen) atoms. The summed E-state index contributed by atoms with van der Waals surface area (Å²) in [4.78, 5) is 40.2. The first-order chi connectivity index (χ1) is 15.9. The molecular weight excluding hydrogens is 437 g/mol. The summed E-state index contributed by atoms with van der Waals surface area (Å²) in [6, 6.07) is 11.3. The van der Waals surface area contributed by atoms with Crippen LogP contribution < -0.4 is 10.6 Å². The number of carbonyl (C=O) groups excluding carboxylic acids is 3. The Balaban J connectivity index is 2.00. The van der Waals surface area contributed by atoms with Gasteiger partial charge < -0.3 is 20.3 Å². The van der Waals surface area contributed by atoms with Crippen LogP contribution in [0, 0.1) is 5.82 Å². The van der Waals surface area contributed by atoms with Crippen LogP contribution in [-0.2, 0) is 14.9 Å². The first-order valence-corrected chi connectivity index (χ1v) is 11.3. The number of halogens is 1. The van der Waals surface area contributed by atoms with Gasteiger partial charge in [-0.1, -0.05) is 38.1 Å². The molecule has 3 rings (SSSR count). The van der Waals surface area contributed by atoms with Crippen LogP contribution >= 0.6 is 0 Å². The summed E-state index contributed by atoms with van der Waals surface area (Å²) in [5.74, 6) is -1.34. The molecule has 0 atom stereocenters. The maximum Gasteiger partial charge on any atom is 0.410 e. The van der Waals surface area contributed by atoms with Gasteiger partial charge in [0, 0.05) is 20.1 Å². The highest BCUT2D eigenvalue weighted by Gasteiger charge is 2.54. The zero-order chi connectivity index (χ0) is 25.3. The molecule has 2 aromatic carbocycles. The fraction of sp³-hybridized carbons (Fsp3) is 0.423. The summed E-state index contributed by atoms with van der Waals surface area (Å²) in [6.07, 6.45) is -0.495. The number of carbonyl (C=O) groups is 3. The number of likely N-dealkylation sites (tertiary alicyclic amines) is 1. The van der Waals surface area contributed by atoms with E-state index < -0.39 is 28.8 Å². The Morgan fingerprint density at radius 1 is 1.09 bits per heavy atom. The third-order valence-electron chi connectivity index (χ3n) is 5.81. The predicted octanol–water partition coefficient (Wildman–Crippen LogP) is 4.44. The van der Waals surface area contributed by atoms with E-state index in [4.69, 9.17) is 4.74 Å². The highest BCUT2D eigenvalue weighted by Crippen LogP contribution is 2.40. The number of nitrogens with one attached hydrogen (secondary N) is 2. The highest BCUT2D eigenvalue weighted by atomic mass is 19.1. The monoisotopic (exact) mass is 469 g/mol. The molecule has 1 aliphatic heterocycles. The molecule has 0 radical (unpaired) electrons. The second-order valence-corrected chi connectivity index (χ2v) is 9.88. The Morgan fingerprint density at radius 2 is 1.74 bits per heavy atom. The first kappa shape index (κ1) is 25.2. The maximum atomic E-state index is 13.8. The zero-order valence-corrected chi connectivity index (χ0v) is 20.5. The quantitative estimate of drug-likeness (QED) is 0.678. The fourth-order valence-electron chi connectivity index (χ4n) is 4.12. The van der Waals surface area contributed by atoms with Crippen molar-refractivity contribution in [3.05, 3.63) is 65.0 Å². The van der Waals surface area contributed by atoms with Crippen LogP contribution in [0.25, 0.3) is 0 Å². The van der Waals surface area contributed by atoms with Gasteiger partial charge in [-0.15, -0.1) is 0 Å². The average Bonchev–Trinajstić information content (AvgIpc) is 2.72. The van der Waals surface area contributed by atoms with Crippen molar-refractivity contribution in [2.24, 2.45) is 0 Å². The van der Waals surface area contributed by atoms with Gasteiger partial charge in [-0.3, -0.25) is 9.59 Å². The SMILES string of the molecule is CNC(=O)c1cc(F)ccc1NC(=O)C1(c2ccccc2C(C)C)CN(C(=O)OC(C)(C)C)C1. The molecule has 0 aromatic heterocycles. The van der Waals surface area contributed by atoms with Crippen LogP contribution in [-0.4, -0.2) is 48.5 Å². The Bertz CT molecular complexity index is 1100. The number of benzene rings is 2. The molecule has 2 aromatic rings. The molecule has 182 valence electrons. The Labute approximate surface area is 199 Å². The van der Waals surface area contributed by atoms with Gasteiger partial charge in [0.1, 0.15) is 16.8 Å².